The van der Waals surface area contributed by atoms with Crippen LogP contribution in [0.2, 0.25) is 0 Å². The number of ether oxygens (including phenoxy) is 9. The van der Waals surface area contributed by atoms with E-state index in [0.717, 1.165) is 124 Å². The van der Waals surface area contributed by atoms with Crippen molar-refractivity contribution in [2.45, 2.75) is 174 Å². The summed E-state index contributed by atoms with van der Waals surface area (Å²) in [5, 5.41) is 52.7. The summed E-state index contributed by atoms with van der Waals surface area (Å²) in [7, 11) is 6.03. The van der Waals surface area contributed by atoms with Crippen LogP contribution in [0.15, 0.2) is 290 Å². The molecule has 0 bridgehead atoms. The van der Waals surface area contributed by atoms with Gasteiger partial charge in [0, 0.05) is 95.0 Å². The molecule has 0 saturated carbocycles. The Hall–Kier alpha value is -14.3. The van der Waals surface area contributed by atoms with Crippen molar-refractivity contribution in [1.82, 2.24) is 28.9 Å². The van der Waals surface area contributed by atoms with E-state index in [1.807, 2.05) is 268 Å². The summed E-state index contributed by atoms with van der Waals surface area (Å²) in [6, 6.07) is 91.8. The van der Waals surface area contributed by atoms with Gasteiger partial charge in [-0.2, -0.15) is 0 Å². The number of phenols is 2. The third kappa shape index (κ3) is 33.1. The van der Waals surface area contributed by atoms with E-state index in [1.54, 1.807) is 53.6 Å². The van der Waals surface area contributed by atoms with E-state index < -0.39 is 7.12 Å². The third-order valence-electron chi connectivity index (χ3n) is 24.6. The molecule has 4 heterocycles. The number of rotatable bonds is 37. The number of halogens is 1. The molecule has 790 valence electrons. The molecular formula is C122H143BBrN6O18Pd-. The van der Waals surface area contributed by atoms with Crippen molar-refractivity contribution in [1.29, 1.82) is 0 Å². The fourth-order valence-corrected chi connectivity index (χ4v) is 17.4. The number of esters is 2. The van der Waals surface area contributed by atoms with Gasteiger partial charge in [0.05, 0.1) is 63.3 Å². The Labute approximate surface area is 901 Å². The van der Waals surface area contributed by atoms with Crippen LogP contribution in [-0.2, 0) is 75.9 Å². The summed E-state index contributed by atoms with van der Waals surface area (Å²) in [4.78, 5) is 50.5. The zero-order valence-electron chi connectivity index (χ0n) is 89.3. The Kier molecular flexibility index (Phi) is 48.0. The topological polar surface area (TPSA) is 296 Å². The number of amides is 2. The summed E-state index contributed by atoms with van der Waals surface area (Å²) in [6.07, 6.45) is 0. The van der Waals surface area contributed by atoms with E-state index in [4.69, 9.17) is 47.7 Å². The molecule has 0 aliphatic heterocycles. The standard InChI is InChI=1S/C32H36N2O3.C32H35NO4.C24H28N2O4.C17H21BO3.C15H16BrNO3.CH4O.CH3.Pd/c1-6-33-32(35)30-17-16-29(34(30)20-24-12-14-26(36-5)15-13-24)28-19-27(22(2)3)23(4)18-31(28)37-21-25-10-8-7-9-11-25;1-6-36-32(34)30-17-16-29(33(30)20-24-12-14-26(35-5)15-13-24)28-19-27(22(2)3)23(4)18-31(28)37-21-25-10-8-7-9-11-25;1-5-25-24(29)21-11-10-20(19-12-18(15(2)3)22(27)13-23(19)28)26(21)14-16-6-8-17(30-4)9-7-16;1-12(2)15-10-16(18(19)20)17(9-13(15)3)21-11-14-7-5-4-6-8-14;1-3-20-15(18)13-8-9-14(16)17(13)10-11-4-6-12(19-2)7-5-11;1-2;;/h7-19,22H,6,20-21H2,1-5H3,(H,33,35);7-19,22H,6,20-21H2,1-5H3;6-13,15,27-28H,5,14H2,1-4H3,(H,25,29);4-10,12,19-20H,11H2,1-3H3;4-9H,3,10H2,1-2H3;2H,1H3;1H3;/q;;;;;;-1;. The Morgan fingerprint density at radius 1 is 0.342 bits per heavy atom. The minimum Gasteiger partial charge on any atom is -0.508 e. The van der Waals surface area contributed by atoms with Gasteiger partial charge in [0.2, 0.25) is 0 Å². The number of nitrogens with zero attached hydrogens (tertiary/aromatic N) is 4. The van der Waals surface area contributed by atoms with E-state index >= 15 is 0 Å². The van der Waals surface area contributed by atoms with Crippen LogP contribution in [0.5, 0.6) is 51.7 Å². The first-order valence-electron chi connectivity index (χ1n) is 49.5. The fraction of sp³-hybridized carbons (Fsp3) is 0.287. The largest absolute Gasteiger partial charge is 0.508 e. The zero-order chi connectivity index (χ0) is 107. The SMILES string of the molecule is CCNC(=O)c1ccc(-c2cc(C(C)C)c(C)cc2OCc2ccccc2)n1Cc1ccc(OC)cc1.CCNC(=O)c1ccc(-c2cc(C(C)C)c(O)cc2O)n1Cc1ccc(OC)cc1.CCOC(=O)c1ccc(-c2cc(C(C)C)c(C)cc2OCc2ccccc2)n1Cc1ccc(OC)cc1.CCOC(=O)c1ccc(Br)n1Cc1ccc(OC)cc1.CO.Cc1cc(OCc2ccccc2)c(B(O)O)cc1C(C)C.[CH3-].[Pd]. The average Bonchev–Trinajstić information content (AvgIpc) is 1.65. The maximum atomic E-state index is 13.0. The third-order valence-corrected chi connectivity index (χ3v) is 25.3. The molecule has 15 rings (SSSR count). The molecule has 0 spiro atoms. The van der Waals surface area contributed by atoms with Crippen LogP contribution >= 0.6 is 15.9 Å². The molecule has 24 nitrogen and oxygen atoms in total. The van der Waals surface area contributed by atoms with Crippen LogP contribution in [0.25, 0.3) is 33.8 Å². The maximum absolute atomic E-state index is 13.0. The molecule has 0 saturated heterocycles. The number of nitrogens with one attached hydrogen (secondary N) is 2. The molecule has 15 aromatic rings. The number of phenolic OH excluding ortho intramolecular Hbond substituents is 2. The minimum absolute atomic E-state index is 0. The molecule has 4 aromatic heterocycles. The van der Waals surface area contributed by atoms with Crippen molar-refractivity contribution in [3.05, 3.63) is 398 Å². The average molecular weight is 2180 g/mol. The van der Waals surface area contributed by atoms with Gasteiger partial charge in [-0.1, -0.05) is 201 Å². The van der Waals surface area contributed by atoms with Gasteiger partial charge in [-0.05, 0) is 299 Å². The number of aliphatic hydroxyl groups excluding tert-OH is 1. The second-order valence-electron chi connectivity index (χ2n) is 36.1. The van der Waals surface area contributed by atoms with Gasteiger partial charge in [-0.3, -0.25) is 9.59 Å². The van der Waals surface area contributed by atoms with Gasteiger partial charge in [0.1, 0.15) is 94.3 Å². The summed E-state index contributed by atoms with van der Waals surface area (Å²) < 4.78 is 58.8. The van der Waals surface area contributed by atoms with Crippen molar-refractivity contribution < 1.29 is 108 Å². The van der Waals surface area contributed by atoms with Crippen LogP contribution in [0.4, 0.5) is 0 Å². The van der Waals surface area contributed by atoms with Crippen LogP contribution < -0.4 is 49.3 Å². The van der Waals surface area contributed by atoms with Gasteiger partial charge < -0.3 is 104 Å². The van der Waals surface area contributed by atoms with E-state index in [0.29, 0.717) is 135 Å². The number of hydrogen-bond donors (Lipinski definition) is 7. The number of aromatic nitrogens is 4. The van der Waals surface area contributed by atoms with E-state index in [9.17, 15) is 39.4 Å². The molecule has 0 unspecified atom stereocenters. The quantitative estimate of drug-likeness (QED) is 0.0108. The van der Waals surface area contributed by atoms with Crippen LogP contribution in [0.3, 0.4) is 0 Å². The molecule has 11 aromatic carbocycles. The number of carbonyl (C=O) groups excluding carboxylic acids is 4. The first-order valence-corrected chi connectivity index (χ1v) is 50.3. The molecule has 0 radical (unpaired) electrons. The van der Waals surface area contributed by atoms with Gasteiger partial charge in [-0.15, -0.1) is 0 Å². The number of carbonyl (C=O) groups is 4. The number of aromatic hydroxyl groups is 2. The Morgan fingerprint density at radius 2 is 0.631 bits per heavy atom. The Bertz CT molecular complexity index is 6530. The summed E-state index contributed by atoms with van der Waals surface area (Å²) >= 11 is 3.45. The van der Waals surface area contributed by atoms with E-state index in [1.165, 1.54) is 28.3 Å². The molecule has 149 heavy (non-hydrogen) atoms. The van der Waals surface area contributed by atoms with Crippen molar-refractivity contribution in [2.24, 2.45) is 0 Å². The molecule has 7 N–H and O–H groups in total. The second kappa shape index (κ2) is 59.6. The molecule has 2 amide bonds. The number of benzene rings is 11. The molecule has 0 aliphatic rings. The minimum atomic E-state index is -1.53. The molecule has 0 fully saturated rings. The molecule has 0 atom stereocenters. The van der Waals surface area contributed by atoms with Crippen LogP contribution in [0, 0.1) is 28.2 Å². The Balaban J connectivity index is 0.000000230. The van der Waals surface area contributed by atoms with Gasteiger partial charge >= 0.3 is 19.1 Å². The zero-order valence-corrected chi connectivity index (χ0v) is 92.5. The predicted octanol–water partition coefficient (Wildman–Crippen LogP) is 24.8. The Morgan fingerprint density at radius 3 is 0.953 bits per heavy atom. The molecule has 27 heteroatoms. The first kappa shape index (κ1) is 120. The van der Waals surface area contributed by atoms with E-state index in [-0.39, 0.29) is 69.0 Å². The smallest absolute Gasteiger partial charge is 0.492 e. The van der Waals surface area contributed by atoms with Crippen molar-refractivity contribution in [2.75, 3.05) is 61.9 Å². The number of hydrogen-bond acceptors (Lipinski definition) is 18. The normalized spacial score (nSPS) is 10.6. The van der Waals surface area contributed by atoms with Crippen molar-refractivity contribution >= 4 is 52.3 Å². The van der Waals surface area contributed by atoms with Crippen LogP contribution in [0.1, 0.15) is 227 Å². The number of aliphatic hydroxyl groups is 1. The second-order valence-corrected chi connectivity index (χ2v) is 37.0. The van der Waals surface area contributed by atoms with Crippen LogP contribution in [-0.4, -0.2) is 136 Å². The summed E-state index contributed by atoms with van der Waals surface area (Å²) in [5.41, 5.74) is 22.9. The molecular weight excluding hydrogens is 2030 g/mol. The summed E-state index contributed by atoms with van der Waals surface area (Å²) in [6.45, 7) is 35.8. The number of aryl methyl sites for hydroxylation is 3. The van der Waals surface area contributed by atoms with E-state index in [2.05, 4.69) is 135 Å². The fourth-order valence-electron chi connectivity index (χ4n) is 17.0. The molecule has 0 aliphatic carbocycles. The van der Waals surface area contributed by atoms with Gasteiger partial charge in [-0.25, -0.2) is 9.59 Å². The summed E-state index contributed by atoms with van der Waals surface area (Å²) in [5.74, 6) is 5.48. The van der Waals surface area contributed by atoms with Gasteiger partial charge in [0.25, 0.3) is 11.8 Å². The van der Waals surface area contributed by atoms with Crippen molar-refractivity contribution in [3.63, 3.8) is 0 Å². The monoisotopic (exact) mass is 2180 g/mol. The maximum Gasteiger partial charge on any atom is 0.492 e. The number of methoxy groups -OCH3 is 4. The van der Waals surface area contributed by atoms with Gasteiger partial charge in [0.15, 0.2) is 0 Å². The van der Waals surface area contributed by atoms with Crippen molar-refractivity contribution in [3.8, 4) is 85.5 Å². The first-order chi connectivity index (χ1) is 70.8. The predicted molar refractivity (Wildman–Crippen MR) is 595 cm³/mol.